The molecule has 3 aromatic heterocycles. The molecule has 2 nitrogen and oxygen atoms in total. The largest absolute Gasteiger partial charge is 0.372 e. The smallest absolute Gasteiger partial charge is 0.160 e. The summed E-state index contributed by atoms with van der Waals surface area (Å²) in [6.07, 6.45) is 10.3. The molecule has 30 heavy (non-hydrogen) atoms. The van der Waals surface area contributed by atoms with Crippen LogP contribution in [0, 0.1) is 0 Å². The van der Waals surface area contributed by atoms with Crippen LogP contribution in [-0.4, -0.2) is 19.4 Å². The predicted molar refractivity (Wildman–Crippen MR) is 138 cm³/mol. The van der Waals surface area contributed by atoms with Crippen molar-refractivity contribution in [2.75, 3.05) is 18.0 Å². The molecule has 4 aromatic rings. The summed E-state index contributed by atoms with van der Waals surface area (Å²) >= 11 is 5.19. The van der Waals surface area contributed by atoms with Crippen LogP contribution in [0.3, 0.4) is 0 Å². The number of hydrogen-bond donors (Lipinski definition) is 0. The molecule has 4 rings (SSSR count). The molecule has 0 fully saturated rings. The Balaban J connectivity index is 1.49. The zero-order valence-electron chi connectivity index (χ0n) is 17.5. The third kappa shape index (κ3) is 4.69. The zero-order valence-corrected chi connectivity index (χ0v) is 20.0. The van der Waals surface area contributed by atoms with Gasteiger partial charge in [-0.3, -0.25) is 4.79 Å². The maximum atomic E-state index is 11.0. The van der Waals surface area contributed by atoms with Crippen LogP contribution in [-0.2, 0) is 0 Å². The van der Waals surface area contributed by atoms with Crippen LogP contribution < -0.4 is 4.90 Å². The second-order valence-electron chi connectivity index (χ2n) is 7.52. The number of aldehydes is 1. The van der Waals surface area contributed by atoms with E-state index in [-0.39, 0.29) is 0 Å². The van der Waals surface area contributed by atoms with E-state index in [0.717, 1.165) is 24.3 Å². The lowest BCUT2D eigenvalue weighted by Gasteiger charge is -2.24. The van der Waals surface area contributed by atoms with E-state index in [1.165, 1.54) is 60.6 Å². The first kappa shape index (κ1) is 21.3. The number of carbonyl (C=O) groups excluding carboxylic acids is 1. The first-order chi connectivity index (χ1) is 14.7. The quantitative estimate of drug-likeness (QED) is 0.224. The number of benzene rings is 1. The molecule has 0 radical (unpaired) electrons. The Morgan fingerprint density at radius 1 is 0.800 bits per heavy atom. The van der Waals surface area contributed by atoms with E-state index in [9.17, 15) is 4.79 Å². The van der Waals surface area contributed by atoms with Crippen molar-refractivity contribution in [3.05, 3.63) is 51.7 Å². The van der Waals surface area contributed by atoms with Gasteiger partial charge in [-0.1, -0.05) is 44.9 Å². The Bertz CT molecular complexity index is 1140. The number of nitrogens with zero attached hydrogens (tertiary/aromatic N) is 1. The lowest BCUT2D eigenvalue weighted by Crippen LogP contribution is -2.25. The summed E-state index contributed by atoms with van der Waals surface area (Å²) < 4.78 is 5.11. The summed E-state index contributed by atoms with van der Waals surface area (Å²) in [6, 6.07) is 13.2. The fourth-order valence-corrected chi connectivity index (χ4v) is 7.31. The molecule has 3 heterocycles. The molecule has 0 atom stereocenters. The van der Waals surface area contributed by atoms with Gasteiger partial charge >= 0.3 is 0 Å². The van der Waals surface area contributed by atoms with Gasteiger partial charge in [0.2, 0.25) is 0 Å². The fourth-order valence-electron chi connectivity index (χ4n) is 3.55. The third-order valence-electron chi connectivity index (χ3n) is 5.24. The molecule has 156 valence electrons. The van der Waals surface area contributed by atoms with Gasteiger partial charge in [0.05, 0.1) is 14.3 Å². The van der Waals surface area contributed by atoms with Gasteiger partial charge in [0.15, 0.2) is 6.29 Å². The van der Waals surface area contributed by atoms with Crippen molar-refractivity contribution >= 4 is 76.9 Å². The Kier molecular flexibility index (Phi) is 7.03. The second-order valence-corrected chi connectivity index (χ2v) is 10.8. The van der Waals surface area contributed by atoms with Crippen LogP contribution in [0.25, 0.3) is 31.0 Å². The van der Waals surface area contributed by atoms with E-state index in [1.807, 2.05) is 17.4 Å². The summed E-state index contributed by atoms with van der Waals surface area (Å²) in [5, 5.41) is 0. The molecule has 0 aliphatic carbocycles. The van der Waals surface area contributed by atoms with Crippen LogP contribution in [0.2, 0.25) is 0 Å². The number of anilines is 1. The molecule has 0 saturated heterocycles. The topological polar surface area (TPSA) is 20.3 Å². The molecule has 0 aliphatic rings. The SMILES string of the molecule is CCCCN(CCCC)c1ccc(/C=C/c2cc3sc4cc(C=O)sc4c3s2)cc1. The van der Waals surface area contributed by atoms with Crippen molar-refractivity contribution in [1.29, 1.82) is 0 Å². The minimum absolute atomic E-state index is 0.815. The first-order valence-corrected chi connectivity index (χ1v) is 13.1. The summed E-state index contributed by atoms with van der Waals surface area (Å²) in [6.45, 7) is 6.79. The lowest BCUT2D eigenvalue weighted by molar-refractivity contribution is 0.112. The van der Waals surface area contributed by atoms with Crippen molar-refractivity contribution in [1.82, 2.24) is 0 Å². The Hall–Kier alpha value is -1.95. The normalized spacial score (nSPS) is 11.8. The molecule has 0 spiro atoms. The van der Waals surface area contributed by atoms with Crippen molar-refractivity contribution < 1.29 is 4.79 Å². The highest BCUT2D eigenvalue weighted by atomic mass is 32.1. The van der Waals surface area contributed by atoms with Gasteiger partial charge in [-0.25, -0.2) is 0 Å². The van der Waals surface area contributed by atoms with E-state index >= 15 is 0 Å². The van der Waals surface area contributed by atoms with Gasteiger partial charge in [-0.2, -0.15) is 0 Å². The van der Waals surface area contributed by atoms with Gasteiger partial charge < -0.3 is 4.90 Å². The number of fused-ring (bicyclic) bond motifs is 3. The van der Waals surface area contributed by atoms with Crippen LogP contribution in [0.4, 0.5) is 5.69 Å². The Morgan fingerprint density at radius 3 is 2.00 bits per heavy atom. The molecular weight excluding hydrogens is 426 g/mol. The maximum absolute atomic E-state index is 11.0. The minimum Gasteiger partial charge on any atom is -0.372 e. The second kappa shape index (κ2) is 9.90. The molecule has 0 aliphatic heterocycles. The van der Waals surface area contributed by atoms with Crippen molar-refractivity contribution in [3.8, 4) is 0 Å². The zero-order chi connectivity index (χ0) is 20.9. The average Bonchev–Trinajstić information content (AvgIpc) is 3.43. The maximum Gasteiger partial charge on any atom is 0.160 e. The van der Waals surface area contributed by atoms with Crippen molar-refractivity contribution in [2.24, 2.45) is 0 Å². The number of rotatable bonds is 10. The van der Waals surface area contributed by atoms with Gasteiger partial charge in [-0.05, 0) is 48.7 Å². The van der Waals surface area contributed by atoms with Crippen LogP contribution in [0.15, 0.2) is 36.4 Å². The molecule has 0 N–H and O–H groups in total. The lowest BCUT2D eigenvalue weighted by atomic mass is 10.1. The van der Waals surface area contributed by atoms with E-state index in [2.05, 4.69) is 61.2 Å². The standard InChI is InChI=1S/C25H27NOS3/c1-3-5-13-26(14-6-4-2)19-10-7-18(8-11-19)9-12-20-15-22-24(28-20)25-23(30-22)16-21(17-27)29-25/h7-12,15-17H,3-6,13-14H2,1-2H3/b12-9+. The van der Waals surface area contributed by atoms with Gasteiger partial charge in [0.25, 0.3) is 0 Å². The summed E-state index contributed by atoms with van der Waals surface area (Å²) in [5.74, 6) is 0. The molecule has 5 heteroatoms. The number of hydrogen-bond acceptors (Lipinski definition) is 5. The molecule has 0 amide bonds. The van der Waals surface area contributed by atoms with Gasteiger partial charge in [0.1, 0.15) is 0 Å². The summed E-state index contributed by atoms with van der Waals surface area (Å²) in [5.41, 5.74) is 2.56. The minimum atomic E-state index is 0.815. The molecule has 0 bridgehead atoms. The highest BCUT2D eigenvalue weighted by Crippen LogP contribution is 2.43. The Morgan fingerprint density at radius 2 is 1.40 bits per heavy atom. The third-order valence-corrected chi connectivity index (χ3v) is 8.91. The fraction of sp³-hybridized carbons (Fsp3) is 0.320. The number of unbranched alkanes of at least 4 members (excludes halogenated alkanes) is 2. The number of thiophene rings is 3. The number of carbonyl (C=O) groups is 1. The van der Waals surface area contributed by atoms with Crippen LogP contribution in [0.1, 0.15) is 59.6 Å². The first-order valence-electron chi connectivity index (χ1n) is 10.7. The van der Waals surface area contributed by atoms with Gasteiger partial charge in [-0.15, -0.1) is 34.0 Å². The molecule has 0 unspecified atom stereocenters. The van der Waals surface area contributed by atoms with Crippen LogP contribution in [0.5, 0.6) is 0 Å². The van der Waals surface area contributed by atoms with E-state index in [4.69, 9.17) is 0 Å². The summed E-state index contributed by atoms with van der Waals surface area (Å²) in [7, 11) is 0. The van der Waals surface area contributed by atoms with E-state index in [0.29, 0.717) is 0 Å². The van der Waals surface area contributed by atoms with Gasteiger partial charge in [0, 0.05) is 33.1 Å². The summed E-state index contributed by atoms with van der Waals surface area (Å²) in [4.78, 5) is 15.6. The van der Waals surface area contributed by atoms with Crippen LogP contribution >= 0.6 is 34.0 Å². The molecule has 1 aromatic carbocycles. The highest BCUT2D eigenvalue weighted by molar-refractivity contribution is 7.39. The molecule has 0 saturated carbocycles. The Labute approximate surface area is 190 Å². The predicted octanol–water partition coefficient (Wildman–Crippen LogP) is 8.57. The van der Waals surface area contributed by atoms with E-state index < -0.39 is 0 Å². The average molecular weight is 454 g/mol. The highest BCUT2D eigenvalue weighted by Gasteiger charge is 2.12. The van der Waals surface area contributed by atoms with E-state index in [1.54, 1.807) is 22.7 Å². The molecular formula is C25H27NOS3. The van der Waals surface area contributed by atoms with Crippen molar-refractivity contribution in [2.45, 2.75) is 39.5 Å². The van der Waals surface area contributed by atoms with Crippen molar-refractivity contribution in [3.63, 3.8) is 0 Å². The monoisotopic (exact) mass is 453 g/mol.